The van der Waals surface area contributed by atoms with Gasteiger partial charge in [-0.05, 0) is 57.8 Å². The molecule has 0 spiro atoms. The molecular weight excluding hydrogens is 733 g/mol. The molecule has 0 N–H and O–H groups in total. The van der Waals surface area contributed by atoms with Crippen LogP contribution >= 0.6 is 0 Å². The van der Waals surface area contributed by atoms with Gasteiger partial charge in [-0.15, -0.1) is 0 Å². The van der Waals surface area contributed by atoms with Crippen LogP contribution in [0, 0.1) is 0 Å². The predicted octanol–water partition coefficient (Wildman–Crippen LogP) is 16.1. The van der Waals surface area contributed by atoms with Gasteiger partial charge in [0.1, 0.15) is 13.2 Å². The SMILES string of the molecule is CC/C=C\C/C=C\C/C=C\C/C=C\C/C=C\CCCC(=O)OC[C@@H](COC(=O)CCCCCCCCCCCCC)OC(=O)CCCCCCCCCCCCCCC. The van der Waals surface area contributed by atoms with E-state index in [9.17, 15) is 14.4 Å². The van der Waals surface area contributed by atoms with Crippen LogP contribution in [0.2, 0.25) is 0 Å². The summed E-state index contributed by atoms with van der Waals surface area (Å²) in [6.07, 6.45) is 57.8. The standard InChI is InChI=1S/C53H92O6/c1-4-7-10-13-16-19-22-24-25-26-27-29-31-34-37-40-43-46-52(55)58-49-50(48-57-51(54)45-42-39-36-33-30-21-18-15-12-9-6-3)59-53(56)47-44-41-38-35-32-28-23-20-17-14-11-8-5-2/h7,10,16,19,24-25,27,29,34,37,50H,4-6,8-9,11-15,17-18,20-23,26,28,30-33,35-36,38-49H2,1-3H3/b10-7-,19-16-,25-24-,29-27-,37-34-/t50-/m1/s1. The Balaban J connectivity index is 4.44. The predicted molar refractivity (Wildman–Crippen MR) is 251 cm³/mol. The zero-order valence-electron chi connectivity index (χ0n) is 38.8. The van der Waals surface area contributed by atoms with Gasteiger partial charge in [-0.3, -0.25) is 14.4 Å². The number of carbonyl (C=O) groups is 3. The molecule has 0 saturated heterocycles. The van der Waals surface area contributed by atoms with Crippen LogP contribution in [-0.2, 0) is 28.6 Å². The van der Waals surface area contributed by atoms with Crippen molar-refractivity contribution in [3.8, 4) is 0 Å². The molecule has 0 fully saturated rings. The highest BCUT2D eigenvalue weighted by Crippen LogP contribution is 2.15. The molecule has 0 amide bonds. The minimum atomic E-state index is -0.791. The van der Waals surface area contributed by atoms with Crippen molar-refractivity contribution in [3.63, 3.8) is 0 Å². The molecule has 0 aromatic carbocycles. The normalized spacial score (nSPS) is 12.5. The largest absolute Gasteiger partial charge is 0.462 e. The van der Waals surface area contributed by atoms with Crippen LogP contribution in [0.5, 0.6) is 0 Å². The van der Waals surface area contributed by atoms with Crippen molar-refractivity contribution in [2.24, 2.45) is 0 Å². The molecule has 0 bridgehead atoms. The fourth-order valence-corrected chi connectivity index (χ4v) is 6.83. The van der Waals surface area contributed by atoms with E-state index in [0.29, 0.717) is 19.3 Å². The molecule has 0 aliphatic heterocycles. The van der Waals surface area contributed by atoms with Crippen LogP contribution in [0.3, 0.4) is 0 Å². The highest BCUT2D eigenvalue weighted by atomic mass is 16.6. The smallest absolute Gasteiger partial charge is 0.306 e. The molecule has 340 valence electrons. The first-order valence-corrected chi connectivity index (χ1v) is 24.8. The van der Waals surface area contributed by atoms with Gasteiger partial charge in [0.2, 0.25) is 0 Å². The topological polar surface area (TPSA) is 78.9 Å². The maximum atomic E-state index is 12.8. The number of carbonyl (C=O) groups excluding carboxylic acids is 3. The molecule has 6 heteroatoms. The van der Waals surface area contributed by atoms with Gasteiger partial charge >= 0.3 is 17.9 Å². The van der Waals surface area contributed by atoms with Crippen LogP contribution in [-0.4, -0.2) is 37.2 Å². The minimum absolute atomic E-state index is 0.0888. The van der Waals surface area contributed by atoms with E-state index in [0.717, 1.165) is 77.0 Å². The van der Waals surface area contributed by atoms with Crippen LogP contribution in [0.25, 0.3) is 0 Å². The third-order valence-corrected chi connectivity index (χ3v) is 10.5. The van der Waals surface area contributed by atoms with E-state index in [1.807, 2.05) is 0 Å². The number of ether oxygens (including phenoxy) is 3. The van der Waals surface area contributed by atoms with E-state index in [-0.39, 0.29) is 37.5 Å². The monoisotopic (exact) mass is 825 g/mol. The number of esters is 3. The van der Waals surface area contributed by atoms with Crippen molar-refractivity contribution in [1.29, 1.82) is 0 Å². The summed E-state index contributed by atoms with van der Waals surface area (Å²) in [7, 11) is 0. The Morgan fingerprint density at radius 3 is 1.03 bits per heavy atom. The summed E-state index contributed by atoms with van der Waals surface area (Å²) >= 11 is 0. The Morgan fingerprint density at radius 1 is 0.356 bits per heavy atom. The molecule has 6 nitrogen and oxygen atoms in total. The van der Waals surface area contributed by atoms with E-state index in [1.54, 1.807) is 0 Å². The fraction of sp³-hybridized carbons (Fsp3) is 0.755. The number of allylic oxidation sites excluding steroid dienone is 10. The maximum Gasteiger partial charge on any atom is 0.306 e. The summed E-state index contributed by atoms with van der Waals surface area (Å²) in [6, 6.07) is 0. The highest BCUT2D eigenvalue weighted by molar-refractivity contribution is 5.71. The Labute approximate surface area is 364 Å². The van der Waals surface area contributed by atoms with E-state index in [4.69, 9.17) is 14.2 Å². The second-order valence-electron chi connectivity index (χ2n) is 16.4. The Kier molecular flexibility index (Phi) is 45.4. The van der Waals surface area contributed by atoms with Gasteiger partial charge in [0, 0.05) is 19.3 Å². The summed E-state index contributed by atoms with van der Waals surface area (Å²) in [5, 5.41) is 0. The van der Waals surface area contributed by atoms with Gasteiger partial charge in [0.05, 0.1) is 0 Å². The molecule has 0 unspecified atom stereocenters. The number of rotatable bonds is 44. The Hall–Kier alpha value is -2.89. The number of hydrogen-bond donors (Lipinski definition) is 0. The van der Waals surface area contributed by atoms with Gasteiger partial charge < -0.3 is 14.2 Å². The lowest BCUT2D eigenvalue weighted by molar-refractivity contribution is -0.167. The second kappa shape index (κ2) is 47.8. The van der Waals surface area contributed by atoms with Crippen LogP contribution < -0.4 is 0 Å². The quantitative estimate of drug-likeness (QED) is 0.0263. The molecule has 1 atom stereocenters. The first kappa shape index (κ1) is 56.1. The van der Waals surface area contributed by atoms with Gasteiger partial charge in [-0.1, -0.05) is 223 Å². The number of unbranched alkanes of at least 4 members (excludes halogenated alkanes) is 23. The fourth-order valence-electron chi connectivity index (χ4n) is 6.83. The van der Waals surface area contributed by atoms with Gasteiger partial charge in [-0.2, -0.15) is 0 Å². The van der Waals surface area contributed by atoms with Gasteiger partial charge in [0.25, 0.3) is 0 Å². The van der Waals surface area contributed by atoms with Crippen molar-refractivity contribution in [1.82, 2.24) is 0 Å². The minimum Gasteiger partial charge on any atom is -0.462 e. The molecule has 59 heavy (non-hydrogen) atoms. The molecule has 0 aliphatic rings. The summed E-state index contributed by atoms with van der Waals surface area (Å²) in [5.74, 6) is -0.946. The van der Waals surface area contributed by atoms with Crippen LogP contribution in [0.1, 0.15) is 239 Å². The zero-order chi connectivity index (χ0) is 43.0. The summed E-state index contributed by atoms with van der Waals surface area (Å²) in [5.41, 5.74) is 0. The first-order valence-electron chi connectivity index (χ1n) is 24.8. The third kappa shape index (κ3) is 46.0. The van der Waals surface area contributed by atoms with E-state index < -0.39 is 6.10 Å². The van der Waals surface area contributed by atoms with E-state index in [2.05, 4.69) is 81.5 Å². The lowest BCUT2D eigenvalue weighted by Crippen LogP contribution is -2.30. The molecule has 0 aliphatic carbocycles. The highest BCUT2D eigenvalue weighted by Gasteiger charge is 2.19. The lowest BCUT2D eigenvalue weighted by atomic mass is 10.0. The zero-order valence-corrected chi connectivity index (χ0v) is 38.8. The van der Waals surface area contributed by atoms with Crippen LogP contribution in [0.4, 0.5) is 0 Å². The molecule has 0 radical (unpaired) electrons. The molecule has 0 aromatic heterocycles. The second-order valence-corrected chi connectivity index (χ2v) is 16.4. The van der Waals surface area contributed by atoms with Gasteiger partial charge in [-0.25, -0.2) is 0 Å². The van der Waals surface area contributed by atoms with Crippen molar-refractivity contribution < 1.29 is 28.6 Å². The van der Waals surface area contributed by atoms with E-state index >= 15 is 0 Å². The summed E-state index contributed by atoms with van der Waals surface area (Å²) in [6.45, 7) is 6.47. The molecular formula is C53H92O6. The molecule has 0 aromatic rings. The van der Waals surface area contributed by atoms with Gasteiger partial charge in [0.15, 0.2) is 6.10 Å². The number of hydrogen-bond acceptors (Lipinski definition) is 6. The third-order valence-electron chi connectivity index (χ3n) is 10.5. The molecule has 0 rings (SSSR count). The van der Waals surface area contributed by atoms with Crippen molar-refractivity contribution in [2.75, 3.05) is 13.2 Å². The molecule has 0 heterocycles. The average molecular weight is 825 g/mol. The molecule has 0 saturated carbocycles. The van der Waals surface area contributed by atoms with Crippen LogP contribution in [0.15, 0.2) is 60.8 Å². The van der Waals surface area contributed by atoms with Crippen molar-refractivity contribution in [3.05, 3.63) is 60.8 Å². The van der Waals surface area contributed by atoms with Crippen molar-refractivity contribution in [2.45, 2.75) is 245 Å². The first-order chi connectivity index (χ1) is 29.0. The lowest BCUT2D eigenvalue weighted by Gasteiger charge is -2.18. The Morgan fingerprint density at radius 2 is 0.661 bits per heavy atom. The average Bonchev–Trinajstić information content (AvgIpc) is 3.23. The Bertz CT molecular complexity index is 1090. The summed E-state index contributed by atoms with van der Waals surface area (Å²) < 4.78 is 16.7. The van der Waals surface area contributed by atoms with Crippen molar-refractivity contribution >= 4 is 17.9 Å². The maximum absolute atomic E-state index is 12.8. The van der Waals surface area contributed by atoms with E-state index in [1.165, 1.54) is 116 Å². The summed E-state index contributed by atoms with van der Waals surface area (Å²) in [4.78, 5) is 37.8.